The molecule has 7 nitrogen and oxygen atoms in total. The molecule has 0 bridgehead atoms. The predicted molar refractivity (Wildman–Crippen MR) is 116 cm³/mol. The number of Topliss-reactive ketones (excluding diaryl/α,β-unsaturated/α-hetero) is 1. The zero-order valence-electron chi connectivity index (χ0n) is 17.5. The van der Waals surface area contributed by atoms with Crippen molar-refractivity contribution in [3.8, 4) is 11.3 Å². The fourth-order valence-electron chi connectivity index (χ4n) is 4.28. The third-order valence-corrected chi connectivity index (χ3v) is 6.15. The van der Waals surface area contributed by atoms with Crippen LogP contribution in [0.1, 0.15) is 31.4 Å². The number of anilines is 1. The van der Waals surface area contributed by atoms with Crippen LogP contribution in [0.15, 0.2) is 36.9 Å². The molecule has 1 saturated heterocycles. The van der Waals surface area contributed by atoms with Crippen molar-refractivity contribution in [1.29, 1.82) is 0 Å². The molecular weight excluding hydrogens is 414 g/mol. The van der Waals surface area contributed by atoms with E-state index in [1.165, 1.54) is 0 Å². The SMILES string of the molecule is O=C(Cc1cc2cc(-c3cncc(NC4CCNCC4)n3)cnc2cn1)C1CC(F)(F)C1. The number of nitrogens with zero attached hydrogens (tertiary/aromatic N) is 4. The molecule has 0 aromatic carbocycles. The van der Waals surface area contributed by atoms with Crippen molar-refractivity contribution in [3.05, 3.63) is 42.6 Å². The quantitative estimate of drug-likeness (QED) is 0.609. The number of pyridine rings is 2. The first kappa shape index (κ1) is 20.8. The molecule has 0 radical (unpaired) electrons. The molecule has 1 saturated carbocycles. The monoisotopic (exact) mass is 438 g/mol. The highest BCUT2D eigenvalue weighted by Gasteiger charge is 2.48. The maximum atomic E-state index is 13.1. The molecule has 3 aromatic rings. The molecule has 2 N–H and O–H groups in total. The van der Waals surface area contributed by atoms with Gasteiger partial charge in [-0.25, -0.2) is 13.8 Å². The Bertz CT molecular complexity index is 1140. The molecular formula is C23H24F2N6O. The van der Waals surface area contributed by atoms with Crippen molar-refractivity contribution < 1.29 is 13.6 Å². The molecule has 2 fully saturated rings. The Labute approximate surface area is 184 Å². The molecule has 1 aliphatic carbocycles. The number of hydrogen-bond donors (Lipinski definition) is 2. The van der Waals surface area contributed by atoms with Crippen molar-refractivity contribution in [2.24, 2.45) is 5.92 Å². The van der Waals surface area contributed by atoms with Crippen LogP contribution in [0.25, 0.3) is 22.2 Å². The van der Waals surface area contributed by atoms with Gasteiger partial charge in [-0.1, -0.05) is 0 Å². The van der Waals surface area contributed by atoms with Crippen molar-refractivity contribution in [2.75, 3.05) is 18.4 Å². The molecule has 1 aliphatic heterocycles. The molecule has 9 heteroatoms. The molecule has 0 amide bonds. The van der Waals surface area contributed by atoms with E-state index >= 15 is 0 Å². The summed E-state index contributed by atoms with van der Waals surface area (Å²) in [7, 11) is 0. The Hall–Kier alpha value is -3.07. The number of carbonyl (C=O) groups is 1. The molecule has 3 aromatic heterocycles. The van der Waals surface area contributed by atoms with E-state index in [0.717, 1.165) is 42.7 Å². The van der Waals surface area contributed by atoms with Gasteiger partial charge in [0.2, 0.25) is 5.92 Å². The largest absolute Gasteiger partial charge is 0.366 e. The lowest BCUT2D eigenvalue weighted by molar-refractivity contribution is -0.147. The van der Waals surface area contributed by atoms with Crippen LogP contribution in [0, 0.1) is 5.92 Å². The van der Waals surface area contributed by atoms with Crippen LogP contribution in [-0.2, 0) is 11.2 Å². The summed E-state index contributed by atoms with van der Waals surface area (Å²) in [4.78, 5) is 30.1. The van der Waals surface area contributed by atoms with Crippen LogP contribution < -0.4 is 10.6 Å². The summed E-state index contributed by atoms with van der Waals surface area (Å²) in [5.74, 6) is -2.73. The first-order valence-corrected chi connectivity index (χ1v) is 10.9. The van der Waals surface area contributed by atoms with Crippen LogP contribution in [0.3, 0.4) is 0 Å². The Balaban J connectivity index is 1.33. The Morgan fingerprint density at radius 1 is 1.09 bits per heavy atom. The minimum absolute atomic E-state index is 0.0520. The minimum atomic E-state index is -2.70. The second-order valence-corrected chi connectivity index (χ2v) is 8.65. The van der Waals surface area contributed by atoms with Gasteiger partial charge in [0.25, 0.3) is 0 Å². The van der Waals surface area contributed by atoms with Gasteiger partial charge in [-0.2, -0.15) is 0 Å². The van der Waals surface area contributed by atoms with Crippen molar-refractivity contribution >= 4 is 22.5 Å². The van der Waals surface area contributed by atoms with E-state index in [4.69, 9.17) is 4.98 Å². The van der Waals surface area contributed by atoms with Crippen LogP contribution in [0.5, 0.6) is 0 Å². The normalized spacial score (nSPS) is 18.9. The summed E-state index contributed by atoms with van der Waals surface area (Å²) in [5, 5.41) is 7.61. The van der Waals surface area contributed by atoms with E-state index in [2.05, 4.69) is 25.6 Å². The van der Waals surface area contributed by atoms with Crippen molar-refractivity contribution in [2.45, 2.75) is 44.1 Å². The molecule has 5 rings (SSSR count). The van der Waals surface area contributed by atoms with Gasteiger partial charge in [0, 0.05) is 54.1 Å². The predicted octanol–water partition coefficient (Wildman–Crippen LogP) is 3.41. The molecule has 0 unspecified atom stereocenters. The number of piperidine rings is 1. The Kier molecular flexibility index (Phi) is 5.50. The number of carbonyl (C=O) groups excluding carboxylic acids is 1. The average molecular weight is 438 g/mol. The lowest BCUT2D eigenvalue weighted by Gasteiger charge is -2.33. The summed E-state index contributed by atoms with van der Waals surface area (Å²) in [6.07, 6.45) is 8.16. The van der Waals surface area contributed by atoms with E-state index < -0.39 is 11.8 Å². The first-order chi connectivity index (χ1) is 15.4. The number of fused-ring (bicyclic) bond motifs is 1. The summed E-state index contributed by atoms with van der Waals surface area (Å²) in [6.45, 7) is 1.98. The van der Waals surface area contributed by atoms with E-state index in [1.54, 1.807) is 30.9 Å². The van der Waals surface area contributed by atoms with Gasteiger partial charge in [-0.3, -0.25) is 19.7 Å². The zero-order chi connectivity index (χ0) is 22.1. The molecule has 2 aliphatic rings. The Morgan fingerprint density at radius 3 is 2.69 bits per heavy atom. The first-order valence-electron chi connectivity index (χ1n) is 10.9. The summed E-state index contributed by atoms with van der Waals surface area (Å²) in [6, 6.07) is 4.11. The van der Waals surface area contributed by atoms with Gasteiger partial charge < -0.3 is 10.6 Å². The van der Waals surface area contributed by atoms with Gasteiger partial charge in [-0.05, 0) is 38.1 Å². The third-order valence-electron chi connectivity index (χ3n) is 6.15. The van der Waals surface area contributed by atoms with Crippen LogP contribution in [0.2, 0.25) is 0 Å². The number of rotatable bonds is 6. The minimum Gasteiger partial charge on any atom is -0.366 e. The van der Waals surface area contributed by atoms with Gasteiger partial charge in [-0.15, -0.1) is 0 Å². The van der Waals surface area contributed by atoms with Gasteiger partial charge in [0.05, 0.1) is 29.8 Å². The number of alkyl halides is 2. The smallest absolute Gasteiger partial charge is 0.249 e. The number of hydrogen-bond acceptors (Lipinski definition) is 7. The molecule has 0 atom stereocenters. The number of nitrogens with one attached hydrogen (secondary N) is 2. The Morgan fingerprint density at radius 2 is 1.91 bits per heavy atom. The van der Waals surface area contributed by atoms with Gasteiger partial charge >= 0.3 is 0 Å². The van der Waals surface area contributed by atoms with Crippen molar-refractivity contribution in [1.82, 2.24) is 25.3 Å². The van der Waals surface area contributed by atoms with Crippen LogP contribution >= 0.6 is 0 Å². The molecule has 166 valence electrons. The van der Waals surface area contributed by atoms with Gasteiger partial charge in [0.15, 0.2) is 0 Å². The number of ketones is 1. The topological polar surface area (TPSA) is 92.7 Å². The lowest BCUT2D eigenvalue weighted by atomic mass is 9.77. The van der Waals surface area contributed by atoms with E-state index in [0.29, 0.717) is 22.9 Å². The fraction of sp³-hybridized carbons (Fsp3) is 0.435. The highest BCUT2D eigenvalue weighted by Crippen LogP contribution is 2.43. The van der Waals surface area contributed by atoms with Crippen LogP contribution in [-0.4, -0.2) is 50.8 Å². The second kappa shape index (κ2) is 8.46. The van der Waals surface area contributed by atoms with E-state index in [-0.39, 0.29) is 25.0 Å². The maximum absolute atomic E-state index is 13.1. The van der Waals surface area contributed by atoms with E-state index in [1.807, 2.05) is 6.07 Å². The molecule has 32 heavy (non-hydrogen) atoms. The molecule has 4 heterocycles. The zero-order valence-corrected chi connectivity index (χ0v) is 17.5. The van der Waals surface area contributed by atoms with Crippen molar-refractivity contribution in [3.63, 3.8) is 0 Å². The summed E-state index contributed by atoms with van der Waals surface area (Å²) >= 11 is 0. The third kappa shape index (κ3) is 4.57. The summed E-state index contributed by atoms with van der Waals surface area (Å²) < 4.78 is 26.1. The number of aromatic nitrogens is 4. The van der Waals surface area contributed by atoms with Gasteiger partial charge in [0.1, 0.15) is 11.6 Å². The highest BCUT2D eigenvalue weighted by atomic mass is 19.3. The number of halogens is 2. The summed E-state index contributed by atoms with van der Waals surface area (Å²) in [5.41, 5.74) is 2.76. The van der Waals surface area contributed by atoms with E-state index in [9.17, 15) is 13.6 Å². The lowest BCUT2D eigenvalue weighted by Crippen LogP contribution is -2.40. The maximum Gasteiger partial charge on any atom is 0.249 e. The highest BCUT2D eigenvalue weighted by molar-refractivity contribution is 5.86. The fourth-order valence-corrected chi connectivity index (χ4v) is 4.28. The molecule has 0 spiro atoms. The average Bonchev–Trinajstić information content (AvgIpc) is 2.78. The standard InChI is InChI=1S/C23H24F2N6O/c24-23(25)8-16(9-23)21(32)7-18-6-14-5-15(10-29-19(14)12-28-18)20-11-27-13-22(31-20)30-17-1-3-26-4-2-17/h5-6,10-13,16-17,26H,1-4,7-9H2,(H,30,31). The van der Waals surface area contributed by atoms with Crippen LogP contribution in [0.4, 0.5) is 14.6 Å². The second-order valence-electron chi connectivity index (χ2n) is 8.65.